The zero-order valence-corrected chi connectivity index (χ0v) is 17.6. The predicted octanol–water partition coefficient (Wildman–Crippen LogP) is 3.59. The number of carbonyl (C=O) groups is 2. The number of rotatable bonds is 6. The third-order valence-electron chi connectivity index (χ3n) is 5.99. The zero-order chi connectivity index (χ0) is 21.3. The van der Waals surface area contributed by atoms with E-state index in [9.17, 15) is 9.59 Å². The molecule has 2 atom stereocenters. The molecule has 7 nitrogen and oxygen atoms in total. The fourth-order valence-electron chi connectivity index (χ4n) is 4.43. The molecule has 0 spiro atoms. The Labute approximate surface area is 175 Å². The van der Waals surface area contributed by atoms with E-state index in [1.54, 1.807) is 21.1 Å². The first kappa shape index (κ1) is 20.5. The Hall–Kier alpha value is -2.80. The Bertz CT molecular complexity index is 957. The number of ketones is 1. The summed E-state index contributed by atoms with van der Waals surface area (Å²) in [7, 11) is 3.22. The van der Waals surface area contributed by atoms with Gasteiger partial charge in [0, 0.05) is 35.8 Å². The lowest BCUT2D eigenvalue weighted by Gasteiger charge is -2.24. The molecule has 2 aromatic rings. The number of benzene rings is 1. The van der Waals surface area contributed by atoms with E-state index in [0.29, 0.717) is 42.0 Å². The molecule has 0 unspecified atom stereocenters. The lowest BCUT2D eigenvalue weighted by atomic mass is 9.81. The van der Waals surface area contributed by atoms with Gasteiger partial charge in [-0.2, -0.15) is 0 Å². The molecule has 160 valence electrons. The maximum Gasteiger partial charge on any atom is 0.355 e. The minimum absolute atomic E-state index is 0.0121. The second-order valence-electron chi connectivity index (χ2n) is 7.85. The molecule has 7 heteroatoms. The lowest BCUT2D eigenvalue weighted by molar-refractivity contribution is 0.0156. The first-order valence-corrected chi connectivity index (χ1v) is 10.3. The third kappa shape index (κ3) is 3.81. The van der Waals surface area contributed by atoms with E-state index >= 15 is 0 Å². The van der Waals surface area contributed by atoms with Crippen LogP contribution >= 0.6 is 0 Å². The van der Waals surface area contributed by atoms with Gasteiger partial charge in [-0.1, -0.05) is 0 Å². The average Bonchev–Trinajstić information content (AvgIpc) is 3.39. The van der Waals surface area contributed by atoms with Crippen molar-refractivity contribution in [3.05, 3.63) is 46.3 Å². The van der Waals surface area contributed by atoms with Gasteiger partial charge < -0.3 is 23.9 Å². The summed E-state index contributed by atoms with van der Waals surface area (Å²) < 4.78 is 21.8. The highest BCUT2D eigenvalue weighted by atomic mass is 16.6. The second kappa shape index (κ2) is 8.52. The summed E-state index contributed by atoms with van der Waals surface area (Å²) in [5, 5.41) is 0. The van der Waals surface area contributed by atoms with E-state index < -0.39 is 5.97 Å². The van der Waals surface area contributed by atoms with Crippen molar-refractivity contribution in [3.8, 4) is 11.5 Å². The topological polar surface area (TPSA) is 86.9 Å². The van der Waals surface area contributed by atoms with Crippen LogP contribution in [0, 0.1) is 6.92 Å². The summed E-state index contributed by atoms with van der Waals surface area (Å²) in [6, 6.07) is 5.59. The number of esters is 1. The first-order chi connectivity index (χ1) is 14.5. The molecule has 1 aliphatic carbocycles. The van der Waals surface area contributed by atoms with E-state index in [0.717, 1.165) is 29.8 Å². The van der Waals surface area contributed by atoms with Gasteiger partial charge in [-0.3, -0.25) is 4.79 Å². The summed E-state index contributed by atoms with van der Waals surface area (Å²) in [5.74, 6) is 0.934. The van der Waals surface area contributed by atoms with Crippen molar-refractivity contribution in [1.82, 2.24) is 4.98 Å². The maximum absolute atomic E-state index is 13.0. The summed E-state index contributed by atoms with van der Waals surface area (Å²) in [5.41, 5.74) is 3.30. The van der Waals surface area contributed by atoms with Crippen LogP contribution in [0.4, 0.5) is 0 Å². The van der Waals surface area contributed by atoms with Crippen molar-refractivity contribution in [1.29, 1.82) is 0 Å². The van der Waals surface area contributed by atoms with Gasteiger partial charge in [0.25, 0.3) is 0 Å². The van der Waals surface area contributed by atoms with Gasteiger partial charge in [0.2, 0.25) is 0 Å². The first-order valence-electron chi connectivity index (χ1n) is 10.3. The number of aromatic nitrogens is 1. The Morgan fingerprint density at radius 2 is 2.07 bits per heavy atom. The number of hydrogen-bond acceptors (Lipinski definition) is 6. The van der Waals surface area contributed by atoms with E-state index in [4.69, 9.17) is 18.9 Å². The average molecular weight is 413 g/mol. The van der Waals surface area contributed by atoms with Crippen LogP contribution in [0.15, 0.2) is 18.2 Å². The molecule has 1 aliphatic heterocycles. The zero-order valence-electron chi connectivity index (χ0n) is 17.6. The number of ether oxygens (including phenoxy) is 4. The molecular formula is C23H27NO6. The van der Waals surface area contributed by atoms with Crippen molar-refractivity contribution >= 4 is 11.8 Å². The molecule has 2 aliphatic rings. The number of Topliss-reactive ketones (excluding diaryl/α,β-unsaturated/α-hetero) is 1. The molecule has 0 bridgehead atoms. The van der Waals surface area contributed by atoms with Crippen LogP contribution in [0.2, 0.25) is 0 Å². The molecule has 1 aromatic heterocycles. The molecule has 1 saturated heterocycles. The fraction of sp³-hybridized carbons (Fsp3) is 0.478. The molecule has 0 saturated carbocycles. The number of methoxy groups -OCH3 is 2. The van der Waals surface area contributed by atoms with Crippen molar-refractivity contribution in [3.63, 3.8) is 0 Å². The number of carbonyl (C=O) groups excluding carboxylic acids is 2. The van der Waals surface area contributed by atoms with Gasteiger partial charge in [-0.25, -0.2) is 4.79 Å². The third-order valence-corrected chi connectivity index (χ3v) is 5.99. The van der Waals surface area contributed by atoms with E-state index in [1.165, 1.54) is 0 Å². The maximum atomic E-state index is 13.0. The van der Waals surface area contributed by atoms with Crippen LogP contribution in [0.3, 0.4) is 0 Å². The quantitative estimate of drug-likeness (QED) is 0.729. The fourth-order valence-corrected chi connectivity index (χ4v) is 4.43. The van der Waals surface area contributed by atoms with Crippen LogP contribution in [0.25, 0.3) is 0 Å². The van der Waals surface area contributed by atoms with E-state index in [2.05, 4.69) is 4.98 Å². The molecule has 0 amide bonds. The van der Waals surface area contributed by atoms with Crippen molar-refractivity contribution in [2.45, 2.75) is 44.6 Å². The molecule has 2 heterocycles. The largest absolute Gasteiger partial charge is 0.497 e. The number of aromatic amines is 1. The van der Waals surface area contributed by atoms with Crippen LogP contribution in [0.1, 0.15) is 62.8 Å². The Balaban J connectivity index is 1.57. The van der Waals surface area contributed by atoms with Crippen molar-refractivity contribution in [2.24, 2.45) is 0 Å². The van der Waals surface area contributed by atoms with E-state index in [1.807, 2.05) is 18.2 Å². The summed E-state index contributed by atoms with van der Waals surface area (Å²) >= 11 is 0. The molecule has 30 heavy (non-hydrogen) atoms. The van der Waals surface area contributed by atoms with Crippen LogP contribution in [-0.4, -0.2) is 50.3 Å². The minimum Gasteiger partial charge on any atom is -0.497 e. The molecule has 1 N–H and O–H groups in total. The van der Waals surface area contributed by atoms with Gasteiger partial charge in [0.1, 0.15) is 23.8 Å². The highest BCUT2D eigenvalue weighted by molar-refractivity contribution is 6.03. The minimum atomic E-state index is -0.444. The van der Waals surface area contributed by atoms with Gasteiger partial charge in [0.05, 0.1) is 20.3 Å². The van der Waals surface area contributed by atoms with Crippen LogP contribution < -0.4 is 9.47 Å². The highest BCUT2D eigenvalue weighted by Gasteiger charge is 2.33. The number of fused-ring (bicyclic) bond motifs is 1. The molecule has 4 rings (SSSR count). The summed E-state index contributed by atoms with van der Waals surface area (Å²) in [6.45, 7) is 2.74. The predicted molar refractivity (Wildman–Crippen MR) is 110 cm³/mol. The molecule has 1 aromatic carbocycles. The molecule has 1 fully saturated rings. The standard InChI is InChI=1S/C23H27NO6/c1-13-21-18(24-22(13)23(26)30-12-16-5-4-8-29-16)9-14(10-19(21)25)17-11-15(27-2)6-7-20(17)28-3/h6-7,11,14,16,24H,4-5,8-10,12H2,1-3H3/t14-,16-/m1/s1. The second-order valence-corrected chi connectivity index (χ2v) is 7.85. The van der Waals surface area contributed by atoms with Gasteiger partial charge in [0.15, 0.2) is 5.78 Å². The number of H-pyrrole nitrogens is 1. The van der Waals surface area contributed by atoms with Gasteiger partial charge >= 0.3 is 5.97 Å². The monoisotopic (exact) mass is 413 g/mol. The normalized spacial score (nSPS) is 20.7. The van der Waals surface area contributed by atoms with E-state index in [-0.39, 0.29) is 24.4 Å². The number of nitrogens with one attached hydrogen (secondary N) is 1. The molecular weight excluding hydrogens is 386 g/mol. The van der Waals surface area contributed by atoms with Gasteiger partial charge in [-0.15, -0.1) is 0 Å². The van der Waals surface area contributed by atoms with Crippen LogP contribution in [0.5, 0.6) is 11.5 Å². The smallest absolute Gasteiger partial charge is 0.355 e. The Morgan fingerprint density at radius 1 is 1.23 bits per heavy atom. The highest BCUT2D eigenvalue weighted by Crippen LogP contribution is 2.40. The number of hydrogen-bond donors (Lipinski definition) is 1. The Morgan fingerprint density at radius 3 is 2.77 bits per heavy atom. The van der Waals surface area contributed by atoms with Crippen LogP contribution in [-0.2, 0) is 15.9 Å². The Kier molecular flexibility index (Phi) is 5.81. The van der Waals surface area contributed by atoms with Crippen molar-refractivity contribution < 1.29 is 28.5 Å². The summed E-state index contributed by atoms with van der Waals surface area (Å²) in [6.07, 6.45) is 2.80. The molecule has 0 radical (unpaired) electrons. The summed E-state index contributed by atoms with van der Waals surface area (Å²) in [4.78, 5) is 28.8. The SMILES string of the molecule is COc1ccc(OC)c([C@H]2CC(=O)c3c([nH]c(C(=O)OC[C@H]4CCCO4)c3C)C2)c1. The lowest BCUT2D eigenvalue weighted by Crippen LogP contribution is -2.19. The van der Waals surface area contributed by atoms with Gasteiger partial charge in [-0.05, 0) is 49.9 Å². The van der Waals surface area contributed by atoms with Crippen molar-refractivity contribution in [2.75, 3.05) is 27.4 Å².